The van der Waals surface area contributed by atoms with E-state index in [9.17, 15) is 8.42 Å². The number of sulfonamides is 1. The molecule has 1 aromatic rings. The van der Waals surface area contributed by atoms with Crippen LogP contribution in [0.1, 0.15) is 49.6 Å². The van der Waals surface area contributed by atoms with Gasteiger partial charge in [-0.1, -0.05) is 19.8 Å². The molecule has 1 atom stereocenters. The molecular weight excluding hydrogens is 280 g/mol. The van der Waals surface area contributed by atoms with Crippen LogP contribution in [0.3, 0.4) is 0 Å². The monoisotopic (exact) mass is 300 g/mol. The van der Waals surface area contributed by atoms with Crippen LogP contribution in [0.2, 0.25) is 0 Å². The number of thiazole rings is 1. The lowest BCUT2D eigenvalue weighted by Crippen LogP contribution is -2.25. The maximum atomic E-state index is 12.2. The van der Waals surface area contributed by atoms with Crippen molar-refractivity contribution < 1.29 is 8.42 Å². The minimum absolute atomic E-state index is 0.215. The second kappa shape index (κ2) is 5.05. The summed E-state index contributed by atoms with van der Waals surface area (Å²) in [6, 6.07) is 0. The third-order valence-electron chi connectivity index (χ3n) is 4.16. The van der Waals surface area contributed by atoms with Crippen molar-refractivity contribution in [2.75, 3.05) is 4.72 Å². The molecule has 0 bridgehead atoms. The standard InChI is InChI=1S/C13H20N2O2S2/c1-9-6-7-11-12(8-9)18-13(14-11)15-19(16,17)10-4-2-3-5-10/h9-10H,2-8H2,1H3,(H,14,15). The number of nitrogens with zero attached hydrogens (tertiary/aromatic N) is 1. The quantitative estimate of drug-likeness (QED) is 0.933. The molecule has 1 N–H and O–H groups in total. The Morgan fingerprint density at radius 2 is 2.00 bits per heavy atom. The van der Waals surface area contributed by atoms with E-state index in [1.165, 1.54) is 16.2 Å². The summed E-state index contributed by atoms with van der Waals surface area (Å²) in [7, 11) is -3.23. The highest BCUT2D eigenvalue weighted by Gasteiger charge is 2.30. The molecule has 1 fully saturated rings. The summed E-state index contributed by atoms with van der Waals surface area (Å²) < 4.78 is 27.2. The molecule has 2 aliphatic rings. The Hall–Kier alpha value is -0.620. The number of nitrogens with one attached hydrogen (secondary N) is 1. The lowest BCUT2D eigenvalue weighted by atomic mass is 9.93. The van der Waals surface area contributed by atoms with Gasteiger partial charge in [-0.3, -0.25) is 4.72 Å². The van der Waals surface area contributed by atoms with Crippen LogP contribution in [0, 0.1) is 5.92 Å². The van der Waals surface area contributed by atoms with Crippen molar-refractivity contribution in [2.45, 2.75) is 57.1 Å². The Bertz CT molecular complexity index is 559. The van der Waals surface area contributed by atoms with Gasteiger partial charge in [0.05, 0.1) is 10.9 Å². The predicted molar refractivity (Wildman–Crippen MR) is 78.1 cm³/mol. The minimum Gasteiger partial charge on any atom is -0.258 e. The highest BCUT2D eigenvalue weighted by Crippen LogP contribution is 2.33. The largest absolute Gasteiger partial charge is 0.258 e. The number of rotatable bonds is 3. The highest BCUT2D eigenvalue weighted by atomic mass is 32.2. The van der Waals surface area contributed by atoms with Crippen molar-refractivity contribution in [3.63, 3.8) is 0 Å². The summed E-state index contributed by atoms with van der Waals surface area (Å²) in [5, 5.41) is 0.360. The van der Waals surface area contributed by atoms with Crippen molar-refractivity contribution >= 4 is 26.5 Å². The number of hydrogen-bond acceptors (Lipinski definition) is 4. The van der Waals surface area contributed by atoms with Crippen LogP contribution >= 0.6 is 11.3 Å². The average Bonchev–Trinajstić information content (AvgIpc) is 2.95. The fourth-order valence-electron chi connectivity index (χ4n) is 2.99. The Balaban J connectivity index is 1.76. The number of anilines is 1. The summed E-state index contributed by atoms with van der Waals surface area (Å²) in [6.07, 6.45) is 6.81. The van der Waals surface area contributed by atoms with Crippen LogP contribution in [0.4, 0.5) is 5.13 Å². The molecule has 3 rings (SSSR count). The first-order valence-electron chi connectivity index (χ1n) is 7.05. The molecule has 106 valence electrons. The lowest BCUT2D eigenvalue weighted by Gasteiger charge is -2.15. The zero-order valence-corrected chi connectivity index (χ0v) is 12.8. The molecule has 2 aliphatic carbocycles. The Morgan fingerprint density at radius 3 is 2.74 bits per heavy atom. The predicted octanol–water partition coefficient (Wildman–Crippen LogP) is 2.95. The molecule has 1 saturated carbocycles. The molecule has 0 spiro atoms. The molecule has 6 heteroatoms. The summed E-state index contributed by atoms with van der Waals surface area (Å²) in [6.45, 7) is 2.24. The van der Waals surface area contributed by atoms with Crippen molar-refractivity contribution in [3.05, 3.63) is 10.6 Å². The maximum absolute atomic E-state index is 12.2. The zero-order chi connectivity index (χ0) is 13.5. The summed E-state index contributed by atoms with van der Waals surface area (Å²) in [4.78, 5) is 5.74. The minimum atomic E-state index is -3.23. The van der Waals surface area contributed by atoms with E-state index in [0.29, 0.717) is 11.0 Å². The van der Waals surface area contributed by atoms with E-state index in [0.717, 1.165) is 50.6 Å². The summed E-state index contributed by atoms with van der Waals surface area (Å²) in [5.74, 6) is 0.687. The van der Waals surface area contributed by atoms with Gasteiger partial charge in [0.1, 0.15) is 0 Å². The third kappa shape index (κ3) is 2.79. The van der Waals surface area contributed by atoms with Crippen molar-refractivity contribution in [1.82, 2.24) is 4.98 Å². The second-order valence-electron chi connectivity index (χ2n) is 5.79. The van der Waals surface area contributed by atoms with Crippen molar-refractivity contribution in [1.29, 1.82) is 0 Å². The molecule has 19 heavy (non-hydrogen) atoms. The van der Waals surface area contributed by atoms with Gasteiger partial charge in [0, 0.05) is 4.88 Å². The van der Waals surface area contributed by atoms with E-state index in [4.69, 9.17) is 0 Å². The van der Waals surface area contributed by atoms with E-state index < -0.39 is 10.0 Å². The van der Waals surface area contributed by atoms with E-state index in [1.807, 2.05) is 0 Å². The first kappa shape index (κ1) is 13.4. The van der Waals surface area contributed by atoms with E-state index in [-0.39, 0.29) is 5.25 Å². The normalized spacial score (nSPS) is 24.4. The topological polar surface area (TPSA) is 59.1 Å². The average molecular weight is 300 g/mol. The van der Waals surface area contributed by atoms with Crippen molar-refractivity contribution in [2.24, 2.45) is 5.92 Å². The number of hydrogen-bond donors (Lipinski definition) is 1. The van der Waals surface area contributed by atoms with Gasteiger partial charge in [-0.2, -0.15) is 0 Å². The molecule has 0 radical (unpaired) electrons. The highest BCUT2D eigenvalue weighted by molar-refractivity contribution is 7.93. The van der Waals surface area contributed by atoms with Gasteiger partial charge < -0.3 is 0 Å². The fourth-order valence-corrected chi connectivity index (χ4v) is 5.93. The maximum Gasteiger partial charge on any atom is 0.237 e. The summed E-state index contributed by atoms with van der Waals surface area (Å²) in [5.41, 5.74) is 1.10. The van der Waals surface area contributed by atoms with Gasteiger partial charge in [-0.15, -0.1) is 11.3 Å². The molecule has 1 unspecified atom stereocenters. The van der Waals surface area contributed by atoms with Crippen LogP contribution in [-0.2, 0) is 22.9 Å². The van der Waals surface area contributed by atoms with Crippen LogP contribution in [0.15, 0.2) is 0 Å². The van der Waals surface area contributed by atoms with Crippen LogP contribution < -0.4 is 4.72 Å². The van der Waals surface area contributed by atoms with Gasteiger partial charge in [-0.05, 0) is 38.0 Å². The van der Waals surface area contributed by atoms with E-state index >= 15 is 0 Å². The second-order valence-corrected chi connectivity index (χ2v) is 8.83. The molecule has 1 aromatic heterocycles. The van der Waals surface area contributed by atoms with Gasteiger partial charge in [0.25, 0.3) is 0 Å². The van der Waals surface area contributed by atoms with E-state index in [2.05, 4.69) is 16.6 Å². The smallest absolute Gasteiger partial charge is 0.237 e. The lowest BCUT2D eigenvalue weighted by molar-refractivity contribution is 0.502. The molecule has 0 aliphatic heterocycles. The molecule has 0 aromatic carbocycles. The SMILES string of the molecule is CC1CCc2nc(NS(=O)(=O)C3CCCC3)sc2C1. The van der Waals surface area contributed by atoms with Crippen molar-refractivity contribution in [3.8, 4) is 0 Å². The van der Waals surface area contributed by atoms with Gasteiger partial charge in [-0.25, -0.2) is 13.4 Å². The third-order valence-corrected chi connectivity index (χ3v) is 7.15. The number of aromatic nitrogens is 1. The van der Waals surface area contributed by atoms with Gasteiger partial charge in [0.2, 0.25) is 10.0 Å². The summed E-state index contributed by atoms with van der Waals surface area (Å²) >= 11 is 1.52. The van der Waals surface area contributed by atoms with Crippen LogP contribution in [0.5, 0.6) is 0 Å². The van der Waals surface area contributed by atoms with Crippen LogP contribution in [-0.4, -0.2) is 18.7 Å². The fraction of sp³-hybridized carbons (Fsp3) is 0.769. The first-order chi connectivity index (χ1) is 9.04. The van der Waals surface area contributed by atoms with Crippen LogP contribution in [0.25, 0.3) is 0 Å². The number of fused-ring (bicyclic) bond motifs is 1. The molecular formula is C13H20N2O2S2. The van der Waals surface area contributed by atoms with E-state index in [1.54, 1.807) is 0 Å². The molecule has 0 saturated heterocycles. The Labute approximate surface area is 118 Å². The molecule has 1 heterocycles. The van der Waals surface area contributed by atoms with Gasteiger partial charge in [0.15, 0.2) is 5.13 Å². The Morgan fingerprint density at radius 1 is 1.26 bits per heavy atom. The molecule has 4 nitrogen and oxygen atoms in total. The number of aryl methyl sites for hydroxylation is 1. The van der Waals surface area contributed by atoms with Gasteiger partial charge >= 0.3 is 0 Å². The zero-order valence-electron chi connectivity index (χ0n) is 11.2. The Kier molecular flexibility index (Phi) is 3.55. The molecule has 0 amide bonds. The first-order valence-corrected chi connectivity index (χ1v) is 9.41.